The number of aliphatic hydroxyl groups excluding tert-OH is 2. The Morgan fingerprint density at radius 2 is 1.29 bits per heavy atom. The van der Waals surface area contributed by atoms with Crippen LogP contribution in [0.3, 0.4) is 0 Å². The molecule has 0 unspecified atom stereocenters. The molecule has 0 bridgehead atoms. The average molecular weight is 838 g/mol. The molecule has 1 rings (SSSR count). The highest BCUT2D eigenvalue weighted by Gasteiger charge is 2.45. The SMILES string of the molecule is CCCCCCCCCCCC(=O)NC(C)(C)C(=O)N1C[C@@H](O)C[C@H]1C(=O)N[C@@H](CC(C)C)C(=O)N[C@H](C(=O)N[C@@H](CCC(N)=O)C(=O)N[C@H](CO)CC(C)C)C(C)C. The Balaban J connectivity index is 3.05. The lowest BCUT2D eigenvalue weighted by Crippen LogP contribution is -2.61. The molecule has 0 aliphatic carbocycles. The highest BCUT2D eigenvalue weighted by atomic mass is 16.3. The van der Waals surface area contributed by atoms with Crippen LogP contribution in [-0.4, -0.2) is 111 Å². The third kappa shape index (κ3) is 20.4. The average Bonchev–Trinajstić information content (AvgIpc) is 3.54. The normalized spacial score (nSPS) is 17.6. The van der Waals surface area contributed by atoms with Crippen molar-refractivity contribution in [1.29, 1.82) is 0 Å². The van der Waals surface area contributed by atoms with Gasteiger partial charge in [0.15, 0.2) is 0 Å². The first kappa shape index (κ1) is 53.2. The number of carbonyl (C=O) groups is 7. The number of β-amino-alcohol motifs (C(OH)–C–C–N with tert-alkyl or cyclic N) is 1. The number of rotatable bonds is 29. The Morgan fingerprint density at radius 3 is 1.81 bits per heavy atom. The van der Waals surface area contributed by atoms with Gasteiger partial charge in [0.05, 0.1) is 18.8 Å². The number of nitrogens with zero attached hydrogens (tertiary/aromatic N) is 1. The Hall–Kier alpha value is -3.79. The predicted molar refractivity (Wildman–Crippen MR) is 227 cm³/mol. The van der Waals surface area contributed by atoms with Crippen LogP contribution in [0.15, 0.2) is 0 Å². The number of primary amides is 1. The molecule has 0 radical (unpaired) electrons. The van der Waals surface area contributed by atoms with Crippen LogP contribution in [0, 0.1) is 17.8 Å². The second kappa shape index (κ2) is 27.1. The fourth-order valence-electron chi connectivity index (χ4n) is 7.33. The lowest BCUT2D eigenvalue weighted by atomic mass is 9.98. The van der Waals surface area contributed by atoms with E-state index in [2.05, 4.69) is 33.5 Å². The van der Waals surface area contributed by atoms with E-state index in [0.717, 1.165) is 19.3 Å². The standard InChI is InChI=1S/C43H79N7O9/c1-10-11-12-13-14-15-16-17-18-19-36(54)49-43(8,9)42(59)50-25-31(52)24-34(50)40(57)47-33(23-28(4)5)39(56)48-37(29(6)7)41(58)46-32(20-21-35(44)53)38(55)45-30(26-51)22-27(2)3/h27-34,37,51-52H,10-26H2,1-9H3,(H2,44,53)(H,45,55)(H,46,58)(H,47,57)(H,48,56)(H,49,54)/t30-,31-,32-,33-,34-,37-/m0/s1. The van der Waals surface area contributed by atoms with Crippen LogP contribution in [0.25, 0.3) is 0 Å². The van der Waals surface area contributed by atoms with Crippen molar-refractivity contribution in [3.63, 3.8) is 0 Å². The number of nitrogens with two attached hydrogens (primary N) is 1. The second-order valence-corrected chi connectivity index (χ2v) is 18.1. The van der Waals surface area contributed by atoms with Crippen LogP contribution in [0.2, 0.25) is 0 Å². The van der Waals surface area contributed by atoms with Gasteiger partial charge in [-0.3, -0.25) is 33.6 Å². The molecule has 1 heterocycles. The fourth-order valence-corrected chi connectivity index (χ4v) is 7.33. The van der Waals surface area contributed by atoms with E-state index >= 15 is 0 Å². The quantitative estimate of drug-likeness (QED) is 0.0516. The maximum absolute atomic E-state index is 13.9. The number of nitrogens with one attached hydrogen (secondary N) is 5. The molecule has 6 atom stereocenters. The maximum Gasteiger partial charge on any atom is 0.248 e. The maximum atomic E-state index is 13.9. The fraction of sp³-hybridized carbons (Fsp3) is 0.837. The lowest BCUT2D eigenvalue weighted by molar-refractivity contribution is -0.145. The summed E-state index contributed by atoms with van der Waals surface area (Å²) in [5.74, 6) is -4.54. The van der Waals surface area contributed by atoms with Gasteiger partial charge in [0.1, 0.15) is 29.7 Å². The summed E-state index contributed by atoms with van der Waals surface area (Å²) >= 11 is 0. The molecule has 1 fully saturated rings. The molecule has 0 aromatic carbocycles. The third-order valence-corrected chi connectivity index (χ3v) is 10.6. The van der Waals surface area contributed by atoms with Crippen LogP contribution in [-0.2, 0) is 33.6 Å². The van der Waals surface area contributed by atoms with Gasteiger partial charge in [0.2, 0.25) is 41.4 Å². The van der Waals surface area contributed by atoms with E-state index in [1.165, 1.54) is 37.0 Å². The van der Waals surface area contributed by atoms with Gasteiger partial charge in [0, 0.05) is 25.8 Å². The smallest absolute Gasteiger partial charge is 0.248 e. The van der Waals surface area contributed by atoms with Gasteiger partial charge < -0.3 is 47.4 Å². The van der Waals surface area contributed by atoms with Crippen LogP contribution >= 0.6 is 0 Å². The first-order valence-corrected chi connectivity index (χ1v) is 22.0. The summed E-state index contributed by atoms with van der Waals surface area (Å²) in [6.07, 6.45) is 9.48. The van der Waals surface area contributed by atoms with Gasteiger partial charge in [-0.25, -0.2) is 0 Å². The molecule has 16 heteroatoms. The van der Waals surface area contributed by atoms with E-state index in [9.17, 15) is 43.8 Å². The first-order valence-electron chi connectivity index (χ1n) is 22.0. The van der Waals surface area contributed by atoms with Crippen LogP contribution in [0.5, 0.6) is 0 Å². The number of aliphatic hydroxyl groups is 2. The highest BCUT2D eigenvalue weighted by Crippen LogP contribution is 2.23. The lowest BCUT2D eigenvalue weighted by Gasteiger charge is -2.34. The Labute approximate surface area is 353 Å². The van der Waals surface area contributed by atoms with Crippen molar-refractivity contribution in [2.24, 2.45) is 23.5 Å². The van der Waals surface area contributed by atoms with Crippen molar-refractivity contribution in [2.45, 2.75) is 200 Å². The van der Waals surface area contributed by atoms with Crippen LogP contribution in [0.4, 0.5) is 0 Å². The molecular formula is C43H79N7O9. The highest BCUT2D eigenvalue weighted by molar-refractivity contribution is 5.97. The molecule has 59 heavy (non-hydrogen) atoms. The van der Waals surface area contributed by atoms with Gasteiger partial charge in [-0.05, 0) is 57.3 Å². The van der Waals surface area contributed by atoms with Crippen LogP contribution in [0.1, 0.15) is 159 Å². The zero-order valence-corrected chi connectivity index (χ0v) is 37.5. The summed E-state index contributed by atoms with van der Waals surface area (Å²) in [6, 6.07) is -5.19. The van der Waals surface area contributed by atoms with E-state index in [0.29, 0.717) is 12.8 Å². The minimum Gasteiger partial charge on any atom is -0.394 e. The Bertz CT molecular complexity index is 1360. The summed E-state index contributed by atoms with van der Waals surface area (Å²) < 4.78 is 0. The summed E-state index contributed by atoms with van der Waals surface area (Å²) in [5, 5.41) is 34.1. The molecule has 1 aliphatic heterocycles. The van der Waals surface area contributed by atoms with Crippen molar-refractivity contribution in [1.82, 2.24) is 31.5 Å². The summed E-state index contributed by atoms with van der Waals surface area (Å²) in [7, 11) is 0. The summed E-state index contributed by atoms with van der Waals surface area (Å²) in [6.45, 7) is 15.8. The van der Waals surface area contributed by atoms with E-state index in [-0.39, 0.29) is 63.0 Å². The number of likely N-dealkylation sites (tertiary alicyclic amines) is 1. The second-order valence-electron chi connectivity index (χ2n) is 18.1. The minimum absolute atomic E-state index is 0.0733. The zero-order chi connectivity index (χ0) is 44.9. The molecule has 0 aromatic heterocycles. The number of carbonyl (C=O) groups excluding carboxylic acids is 7. The molecule has 1 saturated heterocycles. The number of amides is 7. The predicted octanol–water partition coefficient (Wildman–Crippen LogP) is 2.71. The minimum atomic E-state index is -1.37. The molecule has 0 saturated carbocycles. The molecule has 1 aliphatic rings. The molecule has 16 nitrogen and oxygen atoms in total. The third-order valence-electron chi connectivity index (χ3n) is 10.6. The van der Waals surface area contributed by atoms with Gasteiger partial charge in [-0.15, -0.1) is 0 Å². The van der Waals surface area contributed by atoms with E-state index in [4.69, 9.17) is 5.73 Å². The summed E-state index contributed by atoms with van der Waals surface area (Å²) in [4.78, 5) is 94.3. The van der Waals surface area contributed by atoms with Crippen molar-refractivity contribution < 1.29 is 43.8 Å². The largest absolute Gasteiger partial charge is 0.394 e. The molecule has 0 aromatic rings. The first-order chi connectivity index (χ1) is 27.6. The van der Waals surface area contributed by atoms with Gasteiger partial charge in [-0.1, -0.05) is 99.8 Å². The van der Waals surface area contributed by atoms with E-state index in [1.54, 1.807) is 27.7 Å². The van der Waals surface area contributed by atoms with Crippen molar-refractivity contribution in [2.75, 3.05) is 13.2 Å². The monoisotopic (exact) mass is 838 g/mol. The van der Waals surface area contributed by atoms with Gasteiger partial charge >= 0.3 is 0 Å². The van der Waals surface area contributed by atoms with E-state index < -0.39 is 83.2 Å². The van der Waals surface area contributed by atoms with Crippen LogP contribution < -0.4 is 32.3 Å². The zero-order valence-electron chi connectivity index (χ0n) is 37.5. The van der Waals surface area contributed by atoms with E-state index in [1.807, 2.05) is 27.7 Å². The number of hydrogen-bond donors (Lipinski definition) is 8. The molecule has 7 amide bonds. The number of unbranched alkanes of at least 4 members (excludes halogenated alkanes) is 8. The molecule has 9 N–H and O–H groups in total. The Kier molecular flexibility index (Phi) is 24.5. The van der Waals surface area contributed by atoms with Crippen molar-refractivity contribution in [3.05, 3.63) is 0 Å². The molecule has 340 valence electrons. The Morgan fingerprint density at radius 1 is 0.729 bits per heavy atom. The topological polar surface area (TPSA) is 249 Å². The van der Waals surface area contributed by atoms with Gasteiger partial charge in [0.25, 0.3) is 0 Å². The number of hydrogen-bond acceptors (Lipinski definition) is 9. The van der Waals surface area contributed by atoms with Crippen molar-refractivity contribution in [3.8, 4) is 0 Å². The van der Waals surface area contributed by atoms with Crippen molar-refractivity contribution >= 4 is 41.4 Å². The molecular weight excluding hydrogens is 759 g/mol. The van der Waals surface area contributed by atoms with Gasteiger partial charge in [-0.2, -0.15) is 0 Å². The molecule has 0 spiro atoms. The summed E-state index contributed by atoms with van der Waals surface area (Å²) in [5.41, 5.74) is 3.97.